The van der Waals surface area contributed by atoms with Crippen molar-refractivity contribution in [1.29, 1.82) is 0 Å². The first kappa shape index (κ1) is 9.98. The van der Waals surface area contributed by atoms with E-state index in [4.69, 9.17) is 5.73 Å². The number of nitrogen functional groups attached to an aromatic ring is 1. The van der Waals surface area contributed by atoms with Crippen LogP contribution in [0.4, 0.5) is 5.69 Å². The second-order valence-corrected chi connectivity index (χ2v) is 2.48. The summed E-state index contributed by atoms with van der Waals surface area (Å²) < 4.78 is 0. The Morgan fingerprint density at radius 3 is 1.85 bits per heavy atom. The fourth-order valence-corrected chi connectivity index (χ4v) is 0.732. The normalized spacial score (nSPS) is 15.7. The summed E-state index contributed by atoms with van der Waals surface area (Å²) in [6, 6.07) is 9.49. The maximum atomic E-state index is 5.36. The second-order valence-electron chi connectivity index (χ2n) is 2.48. The fraction of sp³-hybridized carbons (Fsp3) is 0.333. The zero-order chi connectivity index (χ0) is 9.36. The van der Waals surface area contributed by atoms with Gasteiger partial charge in [0.15, 0.2) is 0 Å². The lowest BCUT2D eigenvalue weighted by Crippen LogP contribution is -2.08. The Morgan fingerprint density at radius 2 is 1.62 bits per heavy atom. The number of hydrogen-bond donors (Lipinski definition) is 1. The van der Waals surface area contributed by atoms with Crippen molar-refractivity contribution < 1.29 is 14.8 Å². The van der Waals surface area contributed by atoms with Crippen molar-refractivity contribution in [3.05, 3.63) is 30.3 Å². The highest BCUT2D eigenvalue weighted by Crippen LogP contribution is 1.96. The van der Waals surface area contributed by atoms with Crippen molar-refractivity contribution in [2.75, 3.05) is 18.9 Å². The number of benzene rings is 1. The van der Waals surface area contributed by atoms with Crippen LogP contribution in [0.1, 0.15) is 6.42 Å². The van der Waals surface area contributed by atoms with Crippen molar-refractivity contribution in [3.63, 3.8) is 0 Å². The summed E-state index contributed by atoms with van der Waals surface area (Å²) in [7, 11) is 0. The van der Waals surface area contributed by atoms with Crippen LogP contribution in [0.3, 0.4) is 0 Å². The molecular formula is C9H13NO3. The van der Waals surface area contributed by atoms with E-state index in [0.29, 0.717) is 13.2 Å². The molecule has 2 N–H and O–H groups in total. The van der Waals surface area contributed by atoms with Crippen molar-refractivity contribution in [2.45, 2.75) is 6.42 Å². The summed E-state index contributed by atoms with van der Waals surface area (Å²) in [5.41, 5.74) is 6.18. The van der Waals surface area contributed by atoms with Crippen LogP contribution in [0.5, 0.6) is 0 Å². The summed E-state index contributed by atoms with van der Waals surface area (Å²) in [6.45, 7) is 1.31. The first-order chi connectivity index (χ1) is 6.39. The molecule has 0 bridgehead atoms. The number of para-hydroxylation sites is 1. The minimum absolute atomic E-state index is 0.653. The van der Waals surface area contributed by atoms with Gasteiger partial charge in [-0.2, -0.15) is 0 Å². The predicted molar refractivity (Wildman–Crippen MR) is 48.5 cm³/mol. The van der Waals surface area contributed by atoms with Gasteiger partial charge >= 0.3 is 0 Å². The van der Waals surface area contributed by atoms with Crippen molar-refractivity contribution in [3.8, 4) is 0 Å². The molecular weight excluding hydrogens is 170 g/mol. The van der Waals surface area contributed by atoms with Crippen molar-refractivity contribution >= 4 is 5.69 Å². The highest BCUT2D eigenvalue weighted by Gasteiger charge is 1.96. The third-order valence-corrected chi connectivity index (χ3v) is 1.35. The van der Waals surface area contributed by atoms with Crippen LogP contribution in [-0.2, 0) is 14.8 Å². The van der Waals surface area contributed by atoms with E-state index in [1.165, 1.54) is 0 Å². The van der Waals surface area contributed by atoms with Gasteiger partial charge in [-0.1, -0.05) is 23.2 Å². The first-order valence-corrected chi connectivity index (χ1v) is 4.11. The average molecular weight is 183 g/mol. The number of anilines is 1. The summed E-state index contributed by atoms with van der Waals surface area (Å²) in [6.07, 6.45) is 0.931. The number of nitrogens with two attached hydrogens (primary N) is 1. The molecule has 0 radical (unpaired) electrons. The lowest BCUT2D eigenvalue weighted by atomic mass is 10.3. The standard InChI is InChI=1S/C6H7N.C3H6O3/c7-6-4-2-1-3-5-6;1-2-4-6-5-3-1/h1-5H,7H2;1-3H2. The number of hydrogen-bond acceptors (Lipinski definition) is 4. The molecule has 0 atom stereocenters. The molecule has 1 aliphatic heterocycles. The maximum absolute atomic E-state index is 5.36. The van der Waals surface area contributed by atoms with Gasteiger partial charge in [0.05, 0.1) is 13.2 Å². The van der Waals surface area contributed by atoms with Gasteiger partial charge in [-0.15, -0.1) is 0 Å². The Kier molecular flexibility index (Phi) is 4.93. The molecule has 1 heterocycles. The summed E-state index contributed by atoms with van der Waals surface area (Å²) in [5.74, 6) is 0. The number of rotatable bonds is 0. The van der Waals surface area contributed by atoms with Crippen LogP contribution in [-0.4, -0.2) is 13.2 Å². The Bertz CT molecular complexity index is 200. The van der Waals surface area contributed by atoms with Crippen LogP contribution in [0, 0.1) is 0 Å². The van der Waals surface area contributed by atoms with Crippen molar-refractivity contribution in [1.82, 2.24) is 0 Å². The smallest absolute Gasteiger partial charge is 0.0877 e. The SMILES string of the molecule is C1COOOC1.Nc1ccccc1. The lowest BCUT2D eigenvalue weighted by Gasteiger charge is -2.06. The average Bonchev–Trinajstić information content (AvgIpc) is 2.22. The summed E-state index contributed by atoms with van der Waals surface area (Å²) in [4.78, 5) is 8.69. The molecule has 13 heavy (non-hydrogen) atoms. The van der Waals surface area contributed by atoms with E-state index >= 15 is 0 Å². The topological polar surface area (TPSA) is 53.7 Å². The highest BCUT2D eigenvalue weighted by molar-refractivity contribution is 5.35. The summed E-state index contributed by atoms with van der Waals surface area (Å²) >= 11 is 0. The lowest BCUT2D eigenvalue weighted by molar-refractivity contribution is -0.532. The van der Waals surface area contributed by atoms with Gasteiger partial charge in [-0.3, -0.25) is 0 Å². The van der Waals surface area contributed by atoms with Crippen molar-refractivity contribution in [2.24, 2.45) is 0 Å². The Balaban J connectivity index is 0.000000132. The Labute approximate surface area is 77.1 Å². The van der Waals surface area contributed by atoms with E-state index in [2.05, 4.69) is 14.8 Å². The third-order valence-electron chi connectivity index (χ3n) is 1.35. The Hall–Kier alpha value is -1.10. The molecule has 0 aliphatic carbocycles. The molecule has 0 aromatic heterocycles. The molecule has 4 heteroatoms. The second kappa shape index (κ2) is 6.42. The zero-order valence-electron chi connectivity index (χ0n) is 7.31. The van der Waals surface area contributed by atoms with Crippen LogP contribution in [0.2, 0.25) is 0 Å². The molecule has 0 saturated carbocycles. The van der Waals surface area contributed by atoms with Gasteiger partial charge in [0.25, 0.3) is 0 Å². The van der Waals surface area contributed by atoms with Gasteiger partial charge in [-0.05, 0) is 12.1 Å². The minimum Gasteiger partial charge on any atom is -0.399 e. The molecule has 72 valence electrons. The van der Waals surface area contributed by atoms with Crippen LogP contribution >= 0.6 is 0 Å². The quantitative estimate of drug-likeness (QED) is 0.489. The molecule has 1 aromatic rings. The zero-order valence-corrected chi connectivity index (χ0v) is 7.31. The highest BCUT2D eigenvalue weighted by atomic mass is 17.5. The molecule has 1 fully saturated rings. The largest absolute Gasteiger partial charge is 0.399 e. The fourth-order valence-electron chi connectivity index (χ4n) is 0.732. The Morgan fingerprint density at radius 1 is 1.00 bits per heavy atom. The molecule has 0 amide bonds. The van der Waals surface area contributed by atoms with Gasteiger partial charge < -0.3 is 5.73 Å². The van der Waals surface area contributed by atoms with Gasteiger partial charge in [0.2, 0.25) is 0 Å². The first-order valence-electron chi connectivity index (χ1n) is 4.11. The van der Waals surface area contributed by atoms with E-state index in [1.807, 2.05) is 30.3 Å². The summed E-state index contributed by atoms with van der Waals surface area (Å²) in [5, 5.41) is 4.07. The molecule has 0 spiro atoms. The molecule has 2 rings (SSSR count). The van der Waals surface area contributed by atoms with E-state index in [1.54, 1.807) is 0 Å². The van der Waals surface area contributed by atoms with E-state index in [0.717, 1.165) is 12.1 Å². The predicted octanol–water partition coefficient (Wildman–Crippen LogP) is 1.54. The third kappa shape index (κ3) is 5.19. The monoisotopic (exact) mass is 183 g/mol. The molecule has 1 saturated heterocycles. The van der Waals surface area contributed by atoms with E-state index < -0.39 is 0 Å². The van der Waals surface area contributed by atoms with E-state index in [-0.39, 0.29) is 0 Å². The maximum Gasteiger partial charge on any atom is 0.0877 e. The van der Waals surface area contributed by atoms with Crippen LogP contribution in [0.25, 0.3) is 0 Å². The molecule has 1 aliphatic rings. The van der Waals surface area contributed by atoms with Crippen LogP contribution < -0.4 is 5.73 Å². The van der Waals surface area contributed by atoms with E-state index in [9.17, 15) is 0 Å². The van der Waals surface area contributed by atoms with Gasteiger partial charge in [-0.25, -0.2) is 9.78 Å². The molecule has 0 unspecified atom stereocenters. The van der Waals surface area contributed by atoms with Gasteiger partial charge in [0, 0.05) is 12.1 Å². The minimum atomic E-state index is 0.653. The molecule has 4 nitrogen and oxygen atoms in total. The van der Waals surface area contributed by atoms with Gasteiger partial charge in [0.1, 0.15) is 0 Å². The van der Waals surface area contributed by atoms with Crippen LogP contribution in [0.15, 0.2) is 30.3 Å². The molecule has 1 aromatic carbocycles.